The van der Waals surface area contributed by atoms with E-state index in [1.54, 1.807) is 14.2 Å². The van der Waals surface area contributed by atoms with Crippen molar-refractivity contribution in [3.8, 4) is 17.1 Å². The first-order valence-corrected chi connectivity index (χ1v) is 9.57. The van der Waals surface area contributed by atoms with E-state index in [-0.39, 0.29) is 17.9 Å². The van der Waals surface area contributed by atoms with Gasteiger partial charge in [-0.1, -0.05) is 5.16 Å². The molecule has 0 spiro atoms. The predicted octanol–water partition coefficient (Wildman–Crippen LogP) is 2.11. The minimum atomic E-state index is -0.0305. The molecule has 2 aromatic rings. The molecule has 1 aliphatic rings. The number of piperidine rings is 1. The topological polar surface area (TPSA) is 89.7 Å². The lowest BCUT2D eigenvalue weighted by molar-refractivity contribution is -0.127. The number of carbonyl (C=O) groups excluding carboxylic acids is 1. The van der Waals surface area contributed by atoms with Crippen LogP contribution in [0.3, 0.4) is 0 Å². The maximum absolute atomic E-state index is 12.5. The Labute approximate surface area is 165 Å². The monoisotopic (exact) mass is 388 g/mol. The van der Waals surface area contributed by atoms with Gasteiger partial charge in [0.1, 0.15) is 5.75 Å². The lowest BCUT2D eigenvalue weighted by atomic mass is 9.97. The number of hydrogen-bond donors (Lipinski definition) is 1. The Morgan fingerprint density at radius 1 is 1.36 bits per heavy atom. The molecule has 0 radical (unpaired) electrons. The van der Waals surface area contributed by atoms with Crippen LogP contribution < -0.4 is 10.1 Å². The maximum Gasteiger partial charge on any atom is 0.241 e. The molecule has 8 nitrogen and oxygen atoms in total. The molecule has 0 saturated carbocycles. The molecular formula is C20H28N4O4. The van der Waals surface area contributed by atoms with Crippen molar-refractivity contribution in [2.75, 3.05) is 33.9 Å². The van der Waals surface area contributed by atoms with E-state index >= 15 is 0 Å². The number of aromatic nitrogens is 2. The number of amides is 1. The highest BCUT2D eigenvalue weighted by Gasteiger charge is 2.27. The predicted molar refractivity (Wildman–Crippen MR) is 104 cm³/mol. The standard InChI is InChI=1S/C20H28N4O4/c1-14(13-26-2)21-20(25)16-5-4-10-24(11-16)12-18-22-19(23-28-18)15-6-8-17(27-3)9-7-15/h6-9,14,16H,4-5,10-13H2,1-3H3,(H,21,25). The molecule has 1 N–H and O–H groups in total. The van der Waals surface area contributed by atoms with E-state index in [1.807, 2.05) is 31.2 Å². The molecule has 28 heavy (non-hydrogen) atoms. The first-order valence-electron chi connectivity index (χ1n) is 9.57. The van der Waals surface area contributed by atoms with E-state index in [0.29, 0.717) is 31.4 Å². The van der Waals surface area contributed by atoms with Crippen LogP contribution in [0.15, 0.2) is 28.8 Å². The second-order valence-corrected chi connectivity index (χ2v) is 7.18. The van der Waals surface area contributed by atoms with Crippen LogP contribution in [0, 0.1) is 5.92 Å². The van der Waals surface area contributed by atoms with Gasteiger partial charge in [0.05, 0.1) is 26.2 Å². The zero-order valence-electron chi connectivity index (χ0n) is 16.7. The number of nitrogens with one attached hydrogen (secondary N) is 1. The molecule has 2 unspecified atom stereocenters. The van der Waals surface area contributed by atoms with Gasteiger partial charge in [0.2, 0.25) is 17.6 Å². The Hall–Kier alpha value is -2.45. The van der Waals surface area contributed by atoms with Gasteiger partial charge in [0.15, 0.2) is 0 Å². The largest absolute Gasteiger partial charge is 0.497 e. The lowest BCUT2D eigenvalue weighted by Crippen LogP contribution is -2.46. The van der Waals surface area contributed by atoms with Gasteiger partial charge in [-0.25, -0.2) is 0 Å². The molecule has 3 rings (SSSR count). The van der Waals surface area contributed by atoms with E-state index in [1.165, 1.54) is 0 Å². The first-order chi connectivity index (χ1) is 13.6. The van der Waals surface area contributed by atoms with Crippen LogP contribution in [-0.2, 0) is 16.1 Å². The van der Waals surface area contributed by atoms with Gasteiger partial charge in [-0.3, -0.25) is 9.69 Å². The maximum atomic E-state index is 12.5. The third kappa shape index (κ3) is 5.30. The van der Waals surface area contributed by atoms with Gasteiger partial charge in [-0.15, -0.1) is 0 Å². The summed E-state index contributed by atoms with van der Waals surface area (Å²) in [7, 11) is 3.27. The van der Waals surface area contributed by atoms with E-state index in [2.05, 4.69) is 20.4 Å². The lowest BCUT2D eigenvalue weighted by Gasteiger charge is -2.31. The summed E-state index contributed by atoms with van der Waals surface area (Å²) in [5.74, 6) is 1.94. The minimum absolute atomic E-state index is 0.0101. The number of carbonyl (C=O) groups is 1. The Balaban J connectivity index is 1.56. The average molecular weight is 388 g/mol. The fraction of sp³-hybridized carbons (Fsp3) is 0.550. The summed E-state index contributed by atoms with van der Waals surface area (Å²) in [5.41, 5.74) is 0.874. The van der Waals surface area contributed by atoms with Crippen LogP contribution in [0.5, 0.6) is 5.75 Å². The SMILES string of the molecule is COCC(C)NC(=O)C1CCCN(Cc2nc(-c3ccc(OC)cc3)no2)C1. The van der Waals surface area contributed by atoms with E-state index in [0.717, 1.165) is 30.7 Å². The summed E-state index contributed by atoms with van der Waals surface area (Å²) in [6.45, 7) is 4.60. The Morgan fingerprint density at radius 2 is 2.14 bits per heavy atom. The zero-order valence-corrected chi connectivity index (χ0v) is 16.7. The molecule has 1 fully saturated rings. The van der Waals surface area contributed by atoms with Crippen molar-refractivity contribution in [1.29, 1.82) is 0 Å². The highest BCUT2D eigenvalue weighted by Crippen LogP contribution is 2.22. The number of benzene rings is 1. The van der Waals surface area contributed by atoms with Crippen LogP contribution in [-0.4, -0.2) is 60.9 Å². The molecule has 0 aliphatic carbocycles. The molecule has 0 bridgehead atoms. The molecule has 2 atom stereocenters. The Bertz CT molecular complexity index is 762. The first kappa shape index (κ1) is 20.3. The molecule has 152 valence electrons. The van der Waals surface area contributed by atoms with Crippen LogP contribution >= 0.6 is 0 Å². The van der Waals surface area contributed by atoms with E-state index < -0.39 is 0 Å². The van der Waals surface area contributed by atoms with Crippen molar-refractivity contribution < 1.29 is 18.8 Å². The number of likely N-dealkylation sites (tertiary alicyclic amines) is 1. The Morgan fingerprint density at radius 3 is 2.86 bits per heavy atom. The number of rotatable bonds is 8. The number of nitrogens with zero attached hydrogens (tertiary/aromatic N) is 3. The average Bonchev–Trinajstić information content (AvgIpc) is 3.17. The second-order valence-electron chi connectivity index (χ2n) is 7.18. The third-order valence-corrected chi connectivity index (χ3v) is 4.86. The molecule has 8 heteroatoms. The van der Waals surface area contributed by atoms with Crippen LogP contribution in [0.4, 0.5) is 0 Å². The third-order valence-electron chi connectivity index (χ3n) is 4.86. The van der Waals surface area contributed by atoms with Crippen LogP contribution in [0.1, 0.15) is 25.7 Å². The van der Waals surface area contributed by atoms with Gasteiger partial charge in [-0.05, 0) is 50.6 Å². The van der Waals surface area contributed by atoms with Gasteiger partial charge in [0.25, 0.3) is 0 Å². The molecule has 1 aliphatic heterocycles. The summed E-state index contributed by atoms with van der Waals surface area (Å²) in [6.07, 6.45) is 1.86. The number of ether oxygens (including phenoxy) is 2. The summed E-state index contributed by atoms with van der Waals surface area (Å²) in [5, 5.41) is 7.09. The van der Waals surface area contributed by atoms with Crippen LogP contribution in [0.2, 0.25) is 0 Å². The summed E-state index contributed by atoms with van der Waals surface area (Å²) < 4.78 is 15.7. The number of hydrogen-bond acceptors (Lipinski definition) is 7. The van der Waals surface area contributed by atoms with Gasteiger partial charge < -0.3 is 19.3 Å². The van der Waals surface area contributed by atoms with E-state index in [4.69, 9.17) is 14.0 Å². The van der Waals surface area contributed by atoms with Gasteiger partial charge in [0, 0.05) is 25.3 Å². The summed E-state index contributed by atoms with van der Waals surface area (Å²) in [6, 6.07) is 7.54. The van der Waals surface area contributed by atoms with Gasteiger partial charge >= 0.3 is 0 Å². The van der Waals surface area contributed by atoms with Crippen molar-refractivity contribution in [2.45, 2.75) is 32.4 Å². The van der Waals surface area contributed by atoms with Crippen molar-refractivity contribution in [2.24, 2.45) is 5.92 Å². The fourth-order valence-corrected chi connectivity index (χ4v) is 3.43. The van der Waals surface area contributed by atoms with Crippen molar-refractivity contribution >= 4 is 5.91 Å². The molecule has 1 aromatic carbocycles. The summed E-state index contributed by atoms with van der Waals surface area (Å²) in [4.78, 5) is 19.2. The van der Waals surface area contributed by atoms with Crippen molar-refractivity contribution in [3.05, 3.63) is 30.2 Å². The molecule has 1 aromatic heterocycles. The smallest absolute Gasteiger partial charge is 0.241 e. The summed E-state index contributed by atoms with van der Waals surface area (Å²) >= 11 is 0. The van der Waals surface area contributed by atoms with E-state index in [9.17, 15) is 4.79 Å². The van der Waals surface area contributed by atoms with Crippen molar-refractivity contribution in [3.63, 3.8) is 0 Å². The second kappa shape index (κ2) is 9.66. The normalized spacial score (nSPS) is 18.6. The molecule has 2 heterocycles. The van der Waals surface area contributed by atoms with Crippen LogP contribution in [0.25, 0.3) is 11.4 Å². The van der Waals surface area contributed by atoms with Crippen molar-refractivity contribution in [1.82, 2.24) is 20.4 Å². The fourth-order valence-electron chi connectivity index (χ4n) is 3.43. The highest BCUT2D eigenvalue weighted by atomic mass is 16.5. The number of methoxy groups -OCH3 is 2. The highest BCUT2D eigenvalue weighted by molar-refractivity contribution is 5.79. The molecule has 1 amide bonds. The van der Waals surface area contributed by atoms with Gasteiger partial charge in [-0.2, -0.15) is 4.98 Å². The minimum Gasteiger partial charge on any atom is -0.497 e. The zero-order chi connectivity index (χ0) is 19.9. The molecule has 1 saturated heterocycles. The Kier molecular flexibility index (Phi) is 7.00. The quantitative estimate of drug-likeness (QED) is 0.741. The molecular weight excluding hydrogens is 360 g/mol.